The summed E-state index contributed by atoms with van der Waals surface area (Å²) in [5.41, 5.74) is 1.87. The van der Waals surface area contributed by atoms with Gasteiger partial charge in [0.05, 0.1) is 7.11 Å². The largest absolute Gasteiger partial charge is 0.496 e. The Hall–Kier alpha value is -3.41. The molecule has 0 aliphatic heterocycles. The highest BCUT2D eigenvalue weighted by atomic mass is 19.1. The summed E-state index contributed by atoms with van der Waals surface area (Å²) in [6.45, 7) is -0.0280. The molecule has 1 heterocycles. The second kappa shape index (κ2) is 8.11. The van der Waals surface area contributed by atoms with Crippen molar-refractivity contribution in [3.8, 4) is 17.2 Å². The Kier molecular flexibility index (Phi) is 5.43. The number of halogens is 1. The predicted molar refractivity (Wildman–Crippen MR) is 93.7 cm³/mol. The lowest BCUT2D eigenvalue weighted by molar-refractivity contribution is -0.139. The van der Waals surface area contributed by atoms with Crippen molar-refractivity contribution < 1.29 is 23.1 Å². The van der Waals surface area contributed by atoms with E-state index in [1.807, 2.05) is 18.2 Å². The Bertz CT molecular complexity index is 916. The average Bonchev–Trinajstić information content (AvgIpc) is 3.14. The highest BCUT2D eigenvalue weighted by molar-refractivity contribution is 5.87. The summed E-state index contributed by atoms with van der Waals surface area (Å²) in [7, 11) is 1.56. The van der Waals surface area contributed by atoms with Crippen LogP contribution in [0, 0.1) is 5.82 Å². The van der Waals surface area contributed by atoms with Crippen LogP contribution in [0.2, 0.25) is 0 Å². The zero-order chi connectivity index (χ0) is 18.4. The third-order valence-corrected chi connectivity index (χ3v) is 3.54. The monoisotopic (exact) mass is 353 g/mol. The van der Waals surface area contributed by atoms with Crippen molar-refractivity contribution >= 4 is 12.0 Å². The topological polar surface area (TPSA) is 61.6 Å². The van der Waals surface area contributed by atoms with Crippen molar-refractivity contribution in [3.05, 3.63) is 77.9 Å². The SMILES string of the molecule is COc1ccccc1/C=C/C(=O)OCc1coc(-c2ccc(F)cc2)n1. The molecule has 0 saturated carbocycles. The number of aromatic nitrogens is 1. The lowest BCUT2D eigenvalue weighted by Gasteiger charge is -2.03. The van der Waals surface area contributed by atoms with Gasteiger partial charge in [-0.3, -0.25) is 0 Å². The predicted octanol–water partition coefficient (Wildman–Crippen LogP) is 4.25. The summed E-state index contributed by atoms with van der Waals surface area (Å²) in [5, 5.41) is 0. The van der Waals surface area contributed by atoms with Crippen LogP contribution in [0.1, 0.15) is 11.3 Å². The van der Waals surface area contributed by atoms with Gasteiger partial charge in [-0.1, -0.05) is 18.2 Å². The van der Waals surface area contributed by atoms with Crippen molar-refractivity contribution in [2.75, 3.05) is 7.11 Å². The molecule has 6 heteroatoms. The minimum Gasteiger partial charge on any atom is -0.496 e. The molecule has 0 radical (unpaired) electrons. The van der Waals surface area contributed by atoms with Gasteiger partial charge in [-0.25, -0.2) is 14.2 Å². The number of oxazole rings is 1. The van der Waals surface area contributed by atoms with Gasteiger partial charge in [-0.05, 0) is 36.4 Å². The van der Waals surface area contributed by atoms with Crippen LogP contribution in [0.3, 0.4) is 0 Å². The van der Waals surface area contributed by atoms with Gasteiger partial charge in [0.1, 0.15) is 30.1 Å². The number of carbonyl (C=O) groups excluding carboxylic acids is 1. The van der Waals surface area contributed by atoms with Crippen LogP contribution in [0.15, 0.2) is 65.3 Å². The zero-order valence-corrected chi connectivity index (χ0v) is 14.0. The van der Waals surface area contributed by atoms with Crippen LogP contribution in [0.5, 0.6) is 5.75 Å². The number of methoxy groups -OCH3 is 1. The first kappa shape index (κ1) is 17.4. The van der Waals surface area contributed by atoms with E-state index in [-0.39, 0.29) is 12.4 Å². The Balaban J connectivity index is 1.58. The smallest absolute Gasteiger partial charge is 0.331 e. The van der Waals surface area contributed by atoms with E-state index in [0.717, 1.165) is 5.56 Å². The number of hydrogen-bond donors (Lipinski definition) is 0. The fourth-order valence-corrected chi connectivity index (χ4v) is 2.25. The molecular weight excluding hydrogens is 337 g/mol. The van der Waals surface area contributed by atoms with Crippen molar-refractivity contribution in [3.63, 3.8) is 0 Å². The van der Waals surface area contributed by atoms with E-state index in [1.165, 1.54) is 24.5 Å². The Morgan fingerprint density at radius 3 is 2.73 bits per heavy atom. The van der Waals surface area contributed by atoms with Crippen LogP contribution < -0.4 is 4.74 Å². The summed E-state index contributed by atoms with van der Waals surface area (Å²) in [5.74, 6) is 0.149. The van der Waals surface area contributed by atoms with Gasteiger partial charge in [0.15, 0.2) is 0 Å². The molecule has 3 rings (SSSR count). The molecule has 0 amide bonds. The number of carbonyl (C=O) groups is 1. The molecule has 0 bridgehead atoms. The van der Waals surface area contributed by atoms with Crippen molar-refractivity contribution in [2.45, 2.75) is 6.61 Å². The van der Waals surface area contributed by atoms with Gasteiger partial charge >= 0.3 is 5.97 Å². The maximum absolute atomic E-state index is 12.9. The fourth-order valence-electron chi connectivity index (χ4n) is 2.25. The van der Waals surface area contributed by atoms with Crippen LogP contribution in [-0.2, 0) is 16.1 Å². The second-order valence-corrected chi connectivity index (χ2v) is 5.33. The summed E-state index contributed by atoms with van der Waals surface area (Å²) >= 11 is 0. The van der Waals surface area contributed by atoms with Gasteiger partial charge in [0.2, 0.25) is 5.89 Å². The number of hydrogen-bond acceptors (Lipinski definition) is 5. The first-order valence-electron chi connectivity index (χ1n) is 7.84. The summed E-state index contributed by atoms with van der Waals surface area (Å²) in [6, 6.07) is 13.1. The average molecular weight is 353 g/mol. The number of ether oxygens (including phenoxy) is 2. The molecule has 0 fully saturated rings. The van der Waals surface area contributed by atoms with E-state index >= 15 is 0 Å². The normalized spacial score (nSPS) is 10.8. The van der Waals surface area contributed by atoms with Gasteiger partial charge in [0.25, 0.3) is 0 Å². The second-order valence-electron chi connectivity index (χ2n) is 5.33. The summed E-state index contributed by atoms with van der Waals surface area (Å²) in [6.07, 6.45) is 4.34. The zero-order valence-electron chi connectivity index (χ0n) is 14.0. The van der Waals surface area contributed by atoms with Gasteiger partial charge in [-0.2, -0.15) is 0 Å². The number of rotatable bonds is 6. The van der Waals surface area contributed by atoms with Crippen LogP contribution in [0.25, 0.3) is 17.5 Å². The van der Waals surface area contributed by atoms with Crippen LogP contribution in [-0.4, -0.2) is 18.1 Å². The maximum Gasteiger partial charge on any atom is 0.331 e. The highest BCUT2D eigenvalue weighted by Gasteiger charge is 2.08. The molecule has 0 unspecified atom stereocenters. The van der Waals surface area contributed by atoms with Crippen LogP contribution in [0.4, 0.5) is 4.39 Å². The van der Waals surface area contributed by atoms with Crippen molar-refractivity contribution in [1.82, 2.24) is 4.98 Å². The van der Waals surface area contributed by atoms with E-state index in [4.69, 9.17) is 13.9 Å². The molecule has 5 nitrogen and oxygen atoms in total. The molecule has 0 aliphatic carbocycles. The minimum absolute atomic E-state index is 0.0280. The first-order valence-corrected chi connectivity index (χ1v) is 7.84. The molecule has 0 atom stereocenters. The third-order valence-electron chi connectivity index (χ3n) is 3.54. The number of nitrogens with zero attached hydrogens (tertiary/aromatic N) is 1. The first-order chi connectivity index (χ1) is 12.7. The quantitative estimate of drug-likeness (QED) is 0.490. The maximum atomic E-state index is 12.9. The number of para-hydroxylation sites is 1. The Morgan fingerprint density at radius 2 is 1.96 bits per heavy atom. The van der Waals surface area contributed by atoms with Gasteiger partial charge in [0, 0.05) is 17.2 Å². The van der Waals surface area contributed by atoms with Crippen molar-refractivity contribution in [1.29, 1.82) is 0 Å². The fraction of sp³-hybridized carbons (Fsp3) is 0.100. The molecule has 26 heavy (non-hydrogen) atoms. The lowest BCUT2D eigenvalue weighted by Crippen LogP contribution is -2.01. The Labute approximate surface area is 149 Å². The third kappa shape index (κ3) is 4.36. The summed E-state index contributed by atoms with van der Waals surface area (Å²) < 4.78 is 28.6. The Morgan fingerprint density at radius 1 is 1.19 bits per heavy atom. The van der Waals surface area contributed by atoms with E-state index < -0.39 is 5.97 Å². The molecule has 0 spiro atoms. The molecule has 2 aromatic carbocycles. The van der Waals surface area contributed by atoms with E-state index in [9.17, 15) is 9.18 Å². The molecule has 1 aromatic heterocycles. The highest BCUT2D eigenvalue weighted by Crippen LogP contribution is 2.20. The molecule has 0 aliphatic rings. The van der Waals surface area contributed by atoms with Gasteiger partial charge < -0.3 is 13.9 Å². The minimum atomic E-state index is -0.512. The van der Waals surface area contributed by atoms with Crippen molar-refractivity contribution in [2.24, 2.45) is 0 Å². The number of benzene rings is 2. The lowest BCUT2D eigenvalue weighted by atomic mass is 10.2. The molecule has 3 aromatic rings. The standard InChI is InChI=1S/C20H16FNO4/c1-24-18-5-3-2-4-14(18)8-11-19(23)25-12-17-13-26-20(22-17)15-6-9-16(21)10-7-15/h2-11,13H,12H2,1H3/b11-8+. The van der Waals surface area contributed by atoms with E-state index in [2.05, 4.69) is 4.98 Å². The molecule has 132 valence electrons. The van der Waals surface area contributed by atoms with E-state index in [0.29, 0.717) is 22.9 Å². The van der Waals surface area contributed by atoms with Crippen LogP contribution >= 0.6 is 0 Å². The molecule has 0 N–H and O–H groups in total. The van der Waals surface area contributed by atoms with E-state index in [1.54, 1.807) is 31.4 Å². The summed E-state index contributed by atoms with van der Waals surface area (Å²) in [4.78, 5) is 16.1. The molecule has 0 saturated heterocycles. The molecular formula is C20H16FNO4. The van der Waals surface area contributed by atoms with Gasteiger partial charge in [-0.15, -0.1) is 0 Å². The number of esters is 1.